The lowest BCUT2D eigenvalue weighted by atomic mass is 10.1. The second-order valence-corrected chi connectivity index (χ2v) is 5.57. The van der Waals surface area contributed by atoms with Crippen LogP contribution < -0.4 is 11.1 Å². The molecule has 2 aromatic rings. The largest absolute Gasteiger partial charge is 0.418 e. The number of hydrogen-bond donors (Lipinski definition) is 2. The van der Waals surface area contributed by atoms with Gasteiger partial charge >= 0.3 is 6.18 Å². The van der Waals surface area contributed by atoms with Crippen LogP contribution in [0.1, 0.15) is 20.8 Å². The molecule has 0 saturated carbocycles. The van der Waals surface area contributed by atoms with E-state index in [0.717, 1.165) is 29.0 Å². The fourth-order valence-corrected chi connectivity index (χ4v) is 2.82. The fourth-order valence-electron chi connectivity index (χ4n) is 1.65. The van der Waals surface area contributed by atoms with Crippen molar-refractivity contribution in [2.45, 2.75) is 13.1 Å². The molecule has 1 amide bonds. The van der Waals surface area contributed by atoms with Crippen LogP contribution in [0.5, 0.6) is 0 Å². The van der Waals surface area contributed by atoms with Gasteiger partial charge in [-0.2, -0.15) is 13.2 Å². The van der Waals surface area contributed by atoms with Crippen LogP contribution in [-0.4, -0.2) is 5.91 Å². The molecule has 1 aromatic carbocycles. The lowest BCUT2D eigenvalue weighted by molar-refractivity contribution is -0.136. The summed E-state index contributed by atoms with van der Waals surface area (Å²) in [5.74, 6) is -0.559. The van der Waals surface area contributed by atoms with Crippen LogP contribution in [0.2, 0.25) is 5.02 Å². The van der Waals surface area contributed by atoms with Crippen molar-refractivity contribution in [1.82, 2.24) is 0 Å². The predicted molar refractivity (Wildman–Crippen MR) is 77.9 cm³/mol. The SMILES string of the molecule is Cc1csc(C(=O)Nc2ccc(N)c(C(F)(F)F)c2)c1Cl. The Morgan fingerprint density at radius 3 is 2.57 bits per heavy atom. The third-order valence-corrected chi connectivity index (χ3v) is 4.42. The molecule has 8 heteroatoms. The van der Waals surface area contributed by atoms with Crippen molar-refractivity contribution in [1.29, 1.82) is 0 Å². The molecule has 21 heavy (non-hydrogen) atoms. The molecule has 112 valence electrons. The molecule has 3 N–H and O–H groups in total. The highest BCUT2D eigenvalue weighted by molar-refractivity contribution is 7.13. The van der Waals surface area contributed by atoms with E-state index in [0.29, 0.717) is 5.02 Å². The number of nitrogen functional groups attached to an aromatic ring is 1. The average molecular weight is 335 g/mol. The lowest BCUT2D eigenvalue weighted by Gasteiger charge is -2.12. The lowest BCUT2D eigenvalue weighted by Crippen LogP contribution is -2.13. The molecule has 0 saturated heterocycles. The zero-order valence-corrected chi connectivity index (χ0v) is 12.3. The Morgan fingerprint density at radius 1 is 1.38 bits per heavy atom. The van der Waals surface area contributed by atoms with Gasteiger partial charge in [-0.15, -0.1) is 11.3 Å². The van der Waals surface area contributed by atoms with Gasteiger partial charge < -0.3 is 11.1 Å². The minimum atomic E-state index is -4.58. The van der Waals surface area contributed by atoms with Crippen molar-refractivity contribution < 1.29 is 18.0 Å². The summed E-state index contributed by atoms with van der Waals surface area (Å²) in [4.78, 5) is 12.2. The highest BCUT2D eigenvalue weighted by atomic mass is 35.5. The number of carbonyl (C=O) groups excluding carboxylic acids is 1. The Morgan fingerprint density at radius 2 is 2.05 bits per heavy atom. The standard InChI is InChI=1S/C13H10ClF3N2OS/c1-6-5-21-11(10(6)14)12(20)19-7-2-3-9(18)8(4-7)13(15,16)17/h2-5H,18H2,1H3,(H,19,20). The third kappa shape index (κ3) is 3.30. The molecule has 0 aliphatic rings. The molecule has 0 bridgehead atoms. The van der Waals surface area contributed by atoms with E-state index in [1.165, 1.54) is 6.07 Å². The van der Waals surface area contributed by atoms with Crippen molar-refractivity contribution in [2.75, 3.05) is 11.1 Å². The number of halogens is 4. The first-order valence-corrected chi connectivity index (χ1v) is 6.97. The summed E-state index contributed by atoms with van der Waals surface area (Å²) in [6.07, 6.45) is -4.58. The number of aryl methyl sites for hydroxylation is 1. The van der Waals surface area contributed by atoms with E-state index in [2.05, 4.69) is 5.32 Å². The van der Waals surface area contributed by atoms with E-state index >= 15 is 0 Å². The van der Waals surface area contributed by atoms with Gasteiger partial charge in [-0.05, 0) is 36.1 Å². The van der Waals surface area contributed by atoms with Crippen molar-refractivity contribution in [3.05, 3.63) is 44.6 Å². The first-order valence-electron chi connectivity index (χ1n) is 5.72. The molecule has 0 radical (unpaired) electrons. The van der Waals surface area contributed by atoms with Crippen LogP contribution in [0.3, 0.4) is 0 Å². The van der Waals surface area contributed by atoms with Gasteiger partial charge in [0, 0.05) is 11.4 Å². The van der Waals surface area contributed by atoms with Gasteiger partial charge in [-0.1, -0.05) is 11.6 Å². The molecule has 0 atom stereocenters. The number of anilines is 2. The Kier molecular flexibility index (Phi) is 4.15. The Balaban J connectivity index is 2.28. The summed E-state index contributed by atoms with van der Waals surface area (Å²) in [6.45, 7) is 1.74. The van der Waals surface area contributed by atoms with Crippen molar-refractivity contribution >= 4 is 40.2 Å². The number of carbonyl (C=O) groups is 1. The summed E-state index contributed by atoms with van der Waals surface area (Å²) < 4.78 is 38.2. The molecule has 0 fully saturated rings. The maximum Gasteiger partial charge on any atom is 0.418 e. The number of amides is 1. The van der Waals surface area contributed by atoms with Crippen LogP contribution >= 0.6 is 22.9 Å². The van der Waals surface area contributed by atoms with Crippen molar-refractivity contribution in [3.63, 3.8) is 0 Å². The quantitative estimate of drug-likeness (QED) is 0.791. The smallest absolute Gasteiger partial charge is 0.398 e. The van der Waals surface area contributed by atoms with Gasteiger partial charge in [-0.3, -0.25) is 4.79 Å². The van der Waals surface area contributed by atoms with E-state index < -0.39 is 23.3 Å². The van der Waals surface area contributed by atoms with Gasteiger partial charge in [0.25, 0.3) is 5.91 Å². The van der Waals surface area contributed by atoms with Crippen LogP contribution in [-0.2, 0) is 6.18 Å². The highest BCUT2D eigenvalue weighted by Crippen LogP contribution is 2.35. The Bertz CT molecular complexity index is 697. The zero-order chi connectivity index (χ0) is 15.8. The first kappa shape index (κ1) is 15.7. The van der Waals surface area contributed by atoms with Crippen LogP contribution in [0.4, 0.5) is 24.5 Å². The molecule has 0 aliphatic heterocycles. The maximum absolute atomic E-state index is 12.7. The first-order chi connectivity index (χ1) is 9.70. The second-order valence-electron chi connectivity index (χ2n) is 4.32. The summed E-state index contributed by atoms with van der Waals surface area (Å²) >= 11 is 7.07. The van der Waals surface area contributed by atoms with E-state index in [9.17, 15) is 18.0 Å². The summed E-state index contributed by atoms with van der Waals surface area (Å²) in [5, 5.41) is 4.37. The average Bonchev–Trinajstić information content (AvgIpc) is 2.71. The molecule has 0 aliphatic carbocycles. The molecule has 2 rings (SSSR count). The molecule has 1 aromatic heterocycles. The highest BCUT2D eigenvalue weighted by Gasteiger charge is 2.33. The van der Waals surface area contributed by atoms with Gasteiger partial charge in [0.15, 0.2) is 0 Å². The molecule has 1 heterocycles. The third-order valence-electron chi connectivity index (χ3n) is 2.72. The minimum absolute atomic E-state index is 0.00337. The monoisotopic (exact) mass is 334 g/mol. The van der Waals surface area contributed by atoms with Crippen LogP contribution in [0.25, 0.3) is 0 Å². The van der Waals surface area contributed by atoms with Crippen LogP contribution in [0, 0.1) is 6.92 Å². The van der Waals surface area contributed by atoms with E-state index in [1.54, 1.807) is 12.3 Å². The number of nitrogens with one attached hydrogen (secondary N) is 1. The topological polar surface area (TPSA) is 55.1 Å². The summed E-state index contributed by atoms with van der Waals surface area (Å²) in [7, 11) is 0. The number of benzene rings is 1. The second kappa shape index (κ2) is 5.57. The van der Waals surface area contributed by atoms with Gasteiger partial charge in [0.1, 0.15) is 4.88 Å². The van der Waals surface area contributed by atoms with Gasteiger partial charge in [0.2, 0.25) is 0 Å². The normalized spacial score (nSPS) is 11.5. The minimum Gasteiger partial charge on any atom is -0.398 e. The Hall–Kier alpha value is -1.73. The molecular weight excluding hydrogens is 325 g/mol. The number of alkyl halides is 3. The molecule has 0 unspecified atom stereocenters. The number of thiophene rings is 1. The predicted octanol–water partition coefficient (Wildman–Crippen LogP) is 4.56. The van der Waals surface area contributed by atoms with Crippen molar-refractivity contribution in [3.8, 4) is 0 Å². The summed E-state index contributed by atoms with van der Waals surface area (Å²) in [5.41, 5.74) is 4.64. The fraction of sp³-hybridized carbons (Fsp3) is 0.154. The van der Waals surface area contributed by atoms with Crippen LogP contribution in [0.15, 0.2) is 23.6 Å². The number of nitrogens with two attached hydrogens (primary N) is 1. The molecular formula is C13H10ClF3N2OS. The van der Waals surface area contributed by atoms with Gasteiger partial charge in [-0.25, -0.2) is 0 Å². The molecule has 3 nitrogen and oxygen atoms in total. The van der Waals surface area contributed by atoms with Crippen molar-refractivity contribution in [2.24, 2.45) is 0 Å². The molecule has 0 spiro atoms. The number of rotatable bonds is 2. The summed E-state index contributed by atoms with van der Waals surface area (Å²) in [6, 6.07) is 3.19. The maximum atomic E-state index is 12.7. The number of hydrogen-bond acceptors (Lipinski definition) is 3. The Labute approximate surface area is 127 Å². The zero-order valence-electron chi connectivity index (χ0n) is 10.7. The van der Waals surface area contributed by atoms with E-state index in [4.69, 9.17) is 17.3 Å². The van der Waals surface area contributed by atoms with Gasteiger partial charge in [0.05, 0.1) is 10.6 Å². The van der Waals surface area contributed by atoms with E-state index in [1.807, 2.05) is 0 Å². The van der Waals surface area contributed by atoms with E-state index in [-0.39, 0.29) is 10.6 Å².